The molecule has 0 bridgehead atoms. The third-order valence-corrected chi connectivity index (χ3v) is 4.81. The third kappa shape index (κ3) is 2.82. The highest BCUT2D eigenvalue weighted by atomic mass is 16.5. The Morgan fingerprint density at radius 1 is 1.17 bits per heavy atom. The highest BCUT2D eigenvalue weighted by Crippen LogP contribution is 2.37. The molecule has 2 N–H and O–H groups in total. The van der Waals surface area contributed by atoms with E-state index in [2.05, 4.69) is 39.2 Å². The molecule has 3 heterocycles. The number of fused-ring (bicyclic) bond motifs is 1. The topological polar surface area (TPSA) is 64.3 Å². The molecule has 1 aromatic heterocycles. The molecule has 0 radical (unpaired) electrons. The number of aromatic nitrogens is 2. The van der Waals surface area contributed by atoms with Gasteiger partial charge in [-0.05, 0) is 31.9 Å². The molecule has 2 aliphatic heterocycles. The van der Waals surface area contributed by atoms with E-state index >= 15 is 0 Å². The van der Waals surface area contributed by atoms with Crippen LogP contribution in [0.1, 0.15) is 30.5 Å². The molecule has 0 unspecified atom stereocenters. The van der Waals surface area contributed by atoms with Crippen LogP contribution in [0, 0.1) is 6.92 Å². The molecular formula is C19H22N4O. The Hall–Kier alpha value is -2.56. The minimum absolute atomic E-state index is 0.212. The molecule has 0 aliphatic carbocycles. The Balaban J connectivity index is 1.55. The van der Waals surface area contributed by atoms with Gasteiger partial charge in [0.1, 0.15) is 17.2 Å². The van der Waals surface area contributed by atoms with Crippen molar-refractivity contribution in [3.63, 3.8) is 0 Å². The Bertz CT molecular complexity index is 768. The molecule has 2 aromatic rings. The second-order valence-electron chi connectivity index (χ2n) is 6.60. The molecule has 1 spiro atoms. The van der Waals surface area contributed by atoms with Crippen molar-refractivity contribution in [1.29, 1.82) is 0 Å². The number of ether oxygens (including phenoxy) is 1. The standard InChI is InChI=1S/C19H22N4O/c1-14-13-17(22-18(20)21-14)23-11-4-8-19(10-12-23)9-7-15-5-2-3-6-16(15)24-19/h2-3,5-7,9,13H,4,8,10-12H2,1H3,(H2,20,21,22)/t19-/m1/s1. The van der Waals surface area contributed by atoms with E-state index in [0.717, 1.165) is 55.2 Å². The van der Waals surface area contributed by atoms with Gasteiger partial charge in [-0.1, -0.05) is 24.3 Å². The predicted molar refractivity (Wildman–Crippen MR) is 96.1 cm³/mol. The summed E-state index contributed by atoms with van der Waals surface area (Å²) in [5, 5.41) is 0. The van der Waals surface area contributed by atoms with Crippen molar-refractivity contribution in [3.05, 3.63) is 47.7 Å². The number of rotatable bonds is 1. The maximum absolute atomic E-state index is 6.40. The first-order chi connectivity index (χ1) is 11.6. The van der Waals surface area contributed by atoms with Crippen molar-refractivity contribution in [3.8, 4) is 5.75 Å². The molecule has 1 atom stereocenters. The summed E-state index contributed by atoms with van der Waals surface area (Å²) in [6.07, 6.45) is 7.42. The molecule has 24 heavy (non-hydrogen) atoms. The van der Waals surface area contributed by atoms with E-state index < -0.39 is 0 Å². The number of nitrogens with zero attached hydrogens (tertiary/aromatic N) is 3. The predicted octanol–water partition coefficient (Wildman–Crippen LogP) is 3.20. The van der Waals surface area contributed by atoms with E-state index in [-0.39, 0.29) is 5.60 Å². The van der Waals surface area contributed by atoms with Crippen LogP contribution in [0.3, 0.4) is 0 Å². The minimum Gasteiger partial charge on any atom is -0.483 e. The fraction of sp³-hybridized carbons (Fsp3) is 0.368. The van der Waals surface area contributed by atoms with Gasteiger partial charge >= 0.3 is 0 Å². The van der Waals surface area contributed by atoms with Crippen LogP contribution in [0.4, 0.5) is 11.8 Å². The van der Waals surface area contributed by atoms with E-state index in [0.29, 0.717) is 5.95 Å². The van der Waals surface area contributed by atoms with E-state index in [9.17, 15) is 0 Å². The molecule has 5 heteroatoms. The smallest absolute Gasteiger partial charge is 0.222 e. The summed E-state index contributed by atoms with van der Waals surface area (Å²) in [6.45, 7) is 3.80. The fourth-order valence-corrected chi connectivity index (χ4v) is 3.57. The zero-order valence-corrected chi connectivity index (χ0v) is 13.9. The van der Waals surface area contributed by atoms with Gasteiger partial charge < -0.3 is 15.4 Å². The second-order valence-corrected chi connectivity index (χ2v) is 6.60. The number of hydrogen-bond acceptors (Lipinski definition) is 5. The van der Waals surface area contributed by atoms with Crippen molar-refractivity contribution in [1.82, 2.24) is 9.97 Å². The van der Waals surface area contributed by atoms with Gasteiger partial charge in [-0.15, -0.1) is 0 Å². The summed E-state index contributed by atoms with van der Waals surface area (Å²) in [5.74, 6) is 2.24. The Labute approximate surface area is 142 Å². The van der Waals surface area contributed by atoms with Gasteiger partial charge in [0.2, 0.25) is 5.95 Å². The van der Waals surface area contributed by atoms with Crippen LogP contribution >= 0.6 is 0 Å². The zero-order chi connectivity index (χ0) is 16.6. The van der Waals surface area contributed by atoms with Crippen LogP contribution in [0.5, 0.6) is 5.75 Å². The van der Waals surface area contributed by atoms with E-state index in [1.807, 2.05) is 25.1 Å². The molecule has 4 rings (SSSR count). The van der Waals surface area contributed by atoms with Crippen molar-refractivity contribution < 1.29 is 4.74 Å². The minimum atomic E-state index is -0.212. The molecule has 5 nitrogen and oxygen atoms in total. The van der Waals surface area contributed by atoms with Gasteiger partial charge in [0.05, 0.1) is 0 Å². The average molecular weight is 322 g/mol. The maximum Gasteiger partial charge on any atom is 0.222 e. The lowest BCUT2D eigenvalue weighted by Gasteiger charge is -2.34. The number of para-hydroxylation sites is 1. The van der Waals surface area contributed by atoms with Crippen molar-refractivity contribution in [2.75, 3.05) is 23.7 Å². The largest absolute Gasteiger partial charge is 0.483 e. The lowest BCUT2D eigenvalue weighted by Crippen LogP contribution is -2.37. The first kappa shape index (κ1) is 15.0. The SMILES string of the molecule is Cc1cc(N2CCC[C@@]3(C=Cc4ccccc4O3)CC2)nc(N)n1. The number of aryl methyl sites for hydroxylation is 1. The van der Waals surface area contributed by atoms with Crippen LogP contribution < -0.4 is 15.4 Å². The number of nitrogens with two attached hydrogens (primary N) is 1. The lowest BCUT2D eigenvalue weighted by atomic mass is 9.91. The lowest BCUT2D eigenvalue weighted by molar-refractivity contribution is 0.104. The third-order valence-electron chi connectivity index (χ3n) is 4.81. The summed E-state index contributed by atoms with van der Waals surface area (Å²) in [7, 11) is 0. The highest BCUT2D eigenvalue weighted by molar-refractivity contribution is 5.61. The first-order valence-electron chi connectivity index (χ1n) is 8.47. The Morgan fingerprint density at radius 3 is 2.92 bits per heavy atom. The number of benzene rings is 1. The average Bonchev–Trinajstić information content (AvgIpc) is 2.77. The quantitative estimate of drug-likeness (QED) is 0.873. The molecule has 1 fully saturated rings. The zero-order valence-electron chi connectivity index (χ0n) is 13.9. The van der Waals surface area contributed by atoms with Crippen molar-refractivity contribution in [2.45, 2.75) is 31.8 Å². The van der Waals surface area contributed by atoms with E-state index in [1.165, 1.54) is 0 Å². The number of hydrogen-bond donors (Lipinski definition) is 1. The normalized spacial score (nSPS) is 22.8. The summed E-state index contributed by atoms with van der Waals surface area (Å²) in [6, 6.07) is 10.2. The molecule has 1 aromatic carbocycles. The van der Waals surface area contributed by atoms with Crippen LogP contribution in [0.15, 0.2) is 36.4 Å². The van der Waals surface area contributed by atoms with Crippen molar-refractivity contribution in [2.24, 2.45) is 0 Å². The summed E-state index contributed by atoms with van der Waals surface area (Å²) in [4.78, 5) is 10.9. The molecule has 124 valence electrons. The summed E-state index contributed by atoms with van der Waals surface area (Å²) in [5.41, 5.74) is 7.66. The van der Waals surface area contributed by atoms with Gasteiger partial charge in [0.15, 0.2) is 0 Å². The van der Waals surface area contributed by atoms with E-state index in [4.69, 9.17) is 10.5 Å². The van der Waals surface area contributed by atoms with Crippen LogP contribution in [0.2, 0.25) is 0 Å². The van der Waals surface area contributed by atoms with Gasteiger partial charge in [0, 0.05) is 36.8 Å². The molecule has 0 amide bonds. The molecule has 2 aliphatic rings. The first-order valence-corrected chi connectivity index (χ1v) is 8.47. The van der Waals surface area contributed by atoms with Crippen LogP contribution in [-0.4, -0.2) is 28.7 Å². The monoisotopic (exact) mass is 322 g/mol. The molecule has 0 saturated carbocycles. The van der Waals surface area contributed by atoms with Gasteiger partial charge in [-0.25, -0.2) is 4.98 Å². The Morgan fingerprint density at radius 2 is 2.04 bits per heavy atom. The van der Waals surface area contributed by atoms with Gasteiger partial charge in [-0.3, -0.25) is 0 Å². The summed E-state index contributed by atoms with van der Waals surface area (Å²) < 4.78 is 6.40. The highest BCUT2D eigenvalue weighted by Gasteiger charge is 2.35. The van der Waals surface area contributed by atoms with Crippen LogP contribution in [0.25, 0.3) is 6.08 Å². The van der Waals surface area contributed by atoms with Gasteiger partial charge in [0.25, 0.3) is 0 Å². The second kappa shape index (κ2) is 5.82. The fourth-order valence-electron chi connectivity index (χ4n) is 3.57. The maximum atomic E-state index is 6.40. The molecule has 1 saturated heterocycles. The summed E-state index contributed by atoms with van der Waals surface area (Å²) >= 11 is 0. The number of nitrogen functional groups attached to an aromatic ring is 1. The van der Waals surface area contributed by atoms with Crippen LogP contribution in [-0.2, 0) is 0 Å². The molecular weight excluding hydrogens is 300 g/mol. The van der Waals surface area contributed by atoms with Crippen molar-refractivity contribution >= 4 is 17.8 Å². The number of anilines is 2. The van der Waals surface area contributed by atoms with Gasteiger partial charge in [-0.2, -0.15) is 4.98 Å². The Kier molecular flexibility index (Phi) is 3.63. The van der Waals surface area contributed by atoms with E-state index in [1.54, 1.807) is 0 Å².